The smallest absolute Gasteiger partial charge is 0.271 e. The van der Waals surface area contributed by atoms with E-state index in [1.807, 2.05) is 41.8 Å². The summed E-state index contributed by atoms with van der Waals surface area (Å²) in [5.41, 5.74) is 2.33. The van der Waals surface area contributed by atoms with Gasteiger partial charge in [-0.05, 0) is 61.7 Å². The molecule has 0 aliphatic rings. The average molecular weight is 358 g/mol. The molecule has 0 saturated heterocycles. The SMILES string of the molecule is Cc1ccn2cc(C(=O)NCCCCOc3ccc(Cl)cc3)nc2c1. The van der Waals surface area contributed by atoms with Crippen molar-refractivity contribution in [1.29, 1.82) is 0 Å². The van der Waals surface area contributed by atoms with Crippen LogP contribution >= 0.6 is 11.6 Å². The highest BCUT2D eigenvalue weighted by Gasteiger charge is 2.10. The summed E-state index contributed by atoms with van der Waals surface area (Å²) in [5, 5.41) is 3.58. The molecular weight excluding hydrogens is 338 g/mol. The number of nitrogens with zero attached hydrogens (tertiary/aromatic N) is 2. The van der Waals surface area contributed by atoms with E-state index in [0.717, 1.165) is 29.8 Å². The number of ether oxygens (including phenoxy) is 1. The number of halogens is 1. The molecule has 0 atom stereocenters. The van der Waals surface area contributed by atoms with E-state index < -0.39 is 0 Å². The molecule has 25 heavy (non-hydrogen) atoms. The first kappa shape index (κ1) is 17.3. The van der Waals surface area contributed by atoms with E-state index >= 15 is 0 Å². The number of carbonyl (C=O) groups excluding carboxylic acids is 1. The minimum absolute atomic E-state index is 0.153. The number of imidazole rings is 1. The van der Waals surface area contributed by atoms with Crippen molar-refractivity contribution >= 4 is 23.2 Å². The van der Waals surface area contributed by atoms with Gasteiger partial charge in [-0.25, -0.2) is 4.98 Å². The van der Waals surface area contributed by atoms with E-state index in [-0.39, 0.29) is 5.91 Å². The van der Waals surface area contributed by atoms with Crippen LogP contribution in [-0.4, -0.2) is 28.4 Å². The highest BCUT2D eigenvalue weighted by molar-refractivity contribution is 6.30. The summed E-state index contributed by atoms with van der Waals surface area (Å²) < 4.78 is 7.47. The molecule has 2 aromatic heterocycles. The second-order valence-corrected chi connectivity index (χ2v) is 6.30. The van der Waals surface area contributed by atoms with E-state index in [0.29, 0.717) is 23.9 Å². The zero-order valence-corrected chi connectivity index (χ0v) is 14.8. The molecule has 0 saturated carbocycles. The van der Waals surface area contributed by atoms with E-state index in [9.17, 15) is 4.79 Å². The molecule has 0 radical (unpaired) electrons. The van der Waals surface area contributed by atoms with Crippen molar-refractivity contribution < 1.29 is 9.53 Å². The summed E-state index contributed by atoms with van der Waals surface area (Å²) in [6.07, 6.45) is 5.34. The summed E-state index contributed by atoms with van der Waals surface area (Å²) in [6, 6.07) is 11.2. The fourth-order valence-electron chi connectivity index (χ4n) is 2.43. The van der Waals surface area contributed by atoms with Crippen LogP contribution in [0.25, 0.3) is 5.65 Å². The van der Waals surface area contributed by atoms with Gasteiger partial charge >= 0.3 is 0 Å². The molecule has 1 amide bonds. The summed E-state index contributed by atoms with van der Waals surface area (Å²) >= 11 is 5.83. The molecule has 1 N–H and O–H groups in total. The zero-order valence-electron chi connectivity index (χ0n) is 14.0. The Balaban J connectivity index is 1.39. The quantitative estimate of drug-likeness (QED) is 0.653. The Hall–Kier alpha value is -2.53. The summed E-state index contributed by atoms with van der Waals surface area (Å²) in [6.45, 7) is 3.20. The monoisotopic (exact) mass is 357 g/mol. The van der Waals surface area contributed by atoms with Crippen LogP contribution in [0.2, 0.25) is 5.02 Å². The maximum Gasteiger partial charge on any atom is 0.271 e. The van der Waals surface area contributed by atoms with Crippen molar-refractivity contribution in [3.05, 3.63) is 65.1 Å². The van der Waals surface area contributed by atoms with Crippen molar-refractivity contribution in [2.24, 2.45) is 0 Å². The molecule has 2 heterocycles. The molecule has 0 unspecified atom stereocenters. The molecule has 0 fully saturated rings. The third kappa shape index (κ3) is 4.73. The summed E-state index contributed by atoms with van der Waals surface area (Å²) in [4.78, 5) is 16.5. The Kier molecular flexibility index (Phi) is 5.56. The third-order valence-electron chi connectivity index (χ3n) is 3.79. The Morgan fingerprint density at radius 1 is 1.24 bits per heavy atom. The van der Waals surface area contributed by atoms with Crippen LogP contribution in [0.3, 0.4) is 0 Å². The standard InChI is InChI=1S/C19H20ClN3O2/c1-14-8-10-23-13-17(22-18(23)12-14)19(24)21-9-2-3-11-25-16-6-4-15(20)5-7-16/h4-8,10,12-13H,2-3,9,11H2,1H3,(H,21,24). The molecular formula is C19H20ClN3O2. The molecule has 3 aromatic rings. The molecule has 0 aliphatic heterocycles. The van der Waals surface area contributed by atoms with Gasteiger partial charge in [0.05, 0.1) is 6.61 Å². The second kappa shape index (κ2) is 8.03. The van der Waals surface area contributed by atoms with Crippen LogP contribution in [0.15, 0.2) is 48.8 Å². The van der Waals surface area contributed by atoms with Gasteiger partial charge in [-0.1, -0.05) is 11.6 Å². The molecule has 3 rings (SSSR count). The Morgan fingerprint density at radius 3 is 2.84 bits per heavy atom. The number of amides is 1. The van der Waals surface area contributed by atoms with Crippen molar-refractivity contribution in [1.82, 2.24) is 14.7 Å². The minimum Gasteiger partial charge on any atom is -0.494 e. The van der Waals surface area contributed by atoms with Crippen LogP contribution in [0, 0.1) is 6.92 Å². The second-order valence-electron chi connectivity index (χ2n) is 5.86. The van der Waals surface area contributed by atoms with Gasteiger partial charge in [0.15, 0.2) is 0 Å². The molecule has 5 nitrogen and oxygen atoms in total. The van der Waals surface area contributed by atoms with E-state index in [1.165, 1.54) is 0 Å². The van der Waals surface area contributed by atoms with Crippen LogP contribution < -0.4 is 10.1 Å². The van der Waals surface area contributed by atoms with E-state index in [1.54, 1.807) is 18.3 Å². The molecule has 130 valence electrons. The van der Waals surface area contributed by atoms with E-state index in [2.05, 4.69) is 10.3 Å². The number of unbranched alkanes of at least 4 members (excludes halogenated alkanes) is 1. The first-order valence-electron chi connectivity index (χ1n) is 8.24. The van der Waals surface area contributed by atoms with Crippen LogP contribution in [0.5, 0.6) is 5.75 Å². The number of nitrogens with one attached hydrogen (secondary N) is 1. The van der Waals surface area contributed by atoms with E-state index in [4.69, 9.17) is 16.3 Å². The lowest BCUT2D eigenvalue weighted by Gasteiger charge is -2.06. The number of carbonyl (C=O) groups is 1. The van der Waals surface area contributed by atoms with Crippen LogP contribution in [-0.2, 0) is 0 Å². The Morgan fingerprint density at radius 2 is 2.04 bits per heavy atom. The fourth-order valence-corrected chi connectivity index (χ4v) is 2.56. The predicted octanol–water partition coefficient (Wildman–Crippen LogP) is 3.89. The number of fused-ring (bicyclic) bond motifs is 1. The van der Waals surface area contributed by atoms with Crippen molar-refractivity contribution in [2.45, 2.75) is 19.8 Å². The largest absolute Gasteiger partial charge is 0.494 e. The summed E-state index contributed by atoms with van der Waals surface area (Å²) in [5.74, 6) is 0.647. The minimum atomic E-state index is -0.153. The van der Waals surface area contributed by atoms with Crippen molar-refractivity contribution in [2.75, 3.05) is 13.2 Å². The highest BCUT2D eigenvalue weighted by atomic mass is 35.5. The topological polar surface area (TPSA) is 55.6 Å². The maximum absolute atomic E-state index is 12.2. The van der Waals surface area contributed by atoms with Gasteiger partial charge < -0.3 is 14.5 Å². The van der Waals surface area contributed by atoms with Crippen molar-refractivity contribution in [3.63, 3.8) is 0 Å². The maximum atomic E-state index is 12.2. The van der Waals surface area contributed by atoms with Gasteiger partial charge in [-0.2, -0.15) is 0 Å². The lowest BCUT2D eigenvalue weighted by Crippen LogP contribution is -2.25. The van der Waals surface area contributed by atoms with Crippen LogP contribution in [0.4, 0.5) is 0 Å². The number of hydrogen-bond donors (Lipinski definition) is 1. The normalized spacial score (nSPS) is 10.8. The number of benzene rings is 1. The van der Waals surface area contributed by atoms with Crippen molar-refractivity contribution in [3.8, 4) is 5.75 Å². The first-order chi connectivity index (χ1) is 12.1. The van der Waals surface area contributed by atoms with Gasteiger partial charge in [-0.15, -0.1) is 0 Å². The van der Waals surface area contributed by atoms with Gasteiger partial charge in [0, 0.05) is 24.0 Å². The fraction of sp³-hybridized carbons (Fsp3) is 0.263. The Labute approximate surface area is 151 Å². The summed E-state index contributed by atoms with van der Waals surface area (Å²) in [7, 11) is 0. The van der Waals surface area contributed by atoms with Gasteiger partial charge in [0.25, 0.3) is 5.91 Å². The molecule has 1 aromatic carbocycles. The average Bonchev–Trinajstić information content (AvgIpc) is 3.02. The van der Waals surface area contributed by atoms with Gasteiger partial charge in [0.2, 0.25) is 0 Å². The number of aryl methyl sites for hydroxylation is 1. The lowest BCUT2D eigenvalue weighted by molar-refractivity contribution is 0.0948. The molecule has 0 bridgehead atoms. The third-order valence-corrected chi connectivity index (χ3v) is 4.04. The Bertz CT molecular complexity index is 859. The van der Waals surface area contributed by atoms with Crippen LogP contribution in [0.1, 0.15) is 28.9 Å². The number of hydrogen-bond acceptors (Lipinski definition) is 3. The van der Waals surface area contributed by atoms with Gasteiger partial charge in [0.1, 0.15) is 17.1 Å². The predicted molar refractivity (Wildman–Crippen MR) is 98.4 cm³/mol. The molecule has 6 heteroatoms. The number of pyridine rings is 1. The zero-order chi connectivity index (χ0) is 17.6. The number of aromatic nitrogens is 2. The number of rotatable bonds is 7. The van der Waals surface area contributed by atoms with Gasteiger partial charge in [-0.3, -0.25) is 4.79 Å². The molecule has 0 aliphatic carbocycles. The first-order valence-corrected chi connectivity index (χ1v) is 8.61. The molecule has 0 spiro atoms. The highest BCUT2D eigenvalue weighted by Crippen LogP contribution is 2.15. The lowest BCUT2D eigenvalue weighted by atomic mass is 10.3.